The van der Waals surface area contributed by atoms with Gasteiger partial charge in [0.05, 0.1) is 12.7 Å². The van der Waals surface area contributed by atoms with Gasteiger partial charge in [-0.1, -0.05) is 18.2 Å². The summed E-state index contributed by atoms with van der Waals surface area (Å²) in [6, 6.07) is 9.63. The molecule has 1 aromatic rings. The van der Waals surface area contributed by atoms with Crippen molar-refractivity contribution in [3.05, 3.63) is 30.3 Å². The lowest BCUT2D eigenvalue weighted by atomic mass is 10.3. The number of rotatable bonds is 8. The summed E-state index contributed by atoms with van der Waals surface area (Å²) >= 11 is 0. The van der Waals surface area contributed by atoms with Crippen LogP contribution in [-0.4, -0.2) is 31.8 Å². The van der Waals surface area contributed by atoms with Crippen molar-refractivity contribution in [3.63, 3.8) is 0 Å². The topological polar surface area (TPSA) is 47.6 Å². The molecule has 0 aliphatic heterocycles. The Morgan fingerprint density at radius 3 is 2.67 bits per heavy atom. The predicted molar refractivity (Wildman–Crippen MR) is 70.7 cm³/mol. The second kappa shape index (κ2) is 8.53. The van der Waals surface area contributed by atoms with Gasteiger partial charge in [-0.05, 0) is 32.4 Å². The molecule has 0 aliphatic carbocycles. The number of benzene rings is 1. The van der Waals surface area contributed by atoms with Gasteiger partial charge in [-0.15, -0.1) is 0 Å². The minimum Gasteiger partial charge on any atom is -0.494 e. The first-order chi connectivity index (χ1) is 8.68. The molecule has 100 valence electrons. The molecule has 4 nitrogen and oxygen atoms in total. The Morgan fingerprint density at radius 1 is 1.28 bits per heavy atom. The standard InChI is InChI=1S/C14H21NO3/c1-12(2)18-11-14(16)15-9-6-10-17-13-7-4-3-5-8-13/h3-5,7-8,12H,6,9-11H2,1-2H3,(H,15,16). The Kier molecular flexibility index (Phi) is 6.87. The van der Waals surface area contributed by atoms with Crippen molar-refractivity contribution >= 4 is 5.91 Å². The lowest BCUT2D eigenvalue weighted by Gasteiger charge is -2.09. The summed E-state index contributed by atoms with van der Waals surface area (Å²) in [5.74, 6) is 0.773. The van der Waals surface area contributed by atoms with Crippen LogP contribution < -0.4 is 10.1 Å². The molecule has 0 aromatic heterocycles. The van der Waals surface area contributed by atoms with Gasteiger partial charge in [-0.3, -0.25) is 4.79 Å². The highest BCUT2D eigenvalue weighted by Crippen LogP contribution is 2.07. The quantitative estimate of drug-likeness (QED) is 0.719. The minimum absolute atomic E-state index is 0.0802. The van der Waals surface area contributed by atoms with Crippen LogP contribution in [0, 0.1) is 0 Å². The summed E-state index contributed by atoms with van der Waals surface area (Å²) in [5.41, 5.74) is 0. The van der Waals surface area contributed by atoms with Crippen molar-refractivity contribution in [2.45, 2.75) is 26.4 Å². The Labute approximate surface area is 108 Å². The Morgan fingerprint density at radius 2 is 2.00 bits per heavy atom. The number of carbonyl (C=O) groups excluding carboxylic acids is 1. The van der Waals surface area contributed by atoms with Gasteiger partial charge in [0.2, 0.25) is 5.91 Å². The summed E-state index contributed by atoms with van der Waals surface area (Å²) < 4.78 is 10.7. The zero-order valence-electron chi connectivity index (χ0n) is 11.0. The molecule has 0 spiro atoms. The molecule has 0 fully saturated rings. The first-order valence-electron chi connectivity index (χ1n) is 6.24. The van der Waals surface area contributed by atoms with E-state index in [1.54, 1.807) is 0 Å². The van der Waals surface area contributed by atoms with E-state index in [0.29, 0.717) is 13.2 Å². The smallest absolute Gasteiger partial charge is 0.246 e. The molecular formula is C14H21NO3. The summed E-state index contributed by atoms with van der Waals surface area (Å²) in [5, 5.41) is 2.78. The van der Waals surface area contributed by atoms with Gasteiger partial charge in [0, 0.05) is 6.54 Å². The van der Waals surface area contributed by atoms with Crippen LogP contribution in [0.15, 0.2) is 30.3 Å². The van der Waals surface area contributed by atoms with Crippen molar-refractivity contribution in [3.8, 4) is 5.75 Å². The SMILES string of the molecule is CC(C)OCC(=O)NCCCOc1ccccc1. The number of para-hydroxylation sites is 1. The lowest BCUT2D eigenvalue weighted by molar-refractivity contribution is -0.127. The number of hydrogen-bond donors (Lipinski definition) is 1. The molecule has 4 heteroatoms. The molecule has 0 aliphatic rings. The van der Waals surface area contributed by atoms with Crippen LogP contribution in [0.5, 0.6) is 5.75 Å². The molecule has 0 unspecified atom stereocenters. The predicted octanol–water partition coefficient (Wildman–Crippen LogP) is 2.00. The van der Waals surface area contributed by atoms with E-state index in [0.717, 1.165) is 12.2 Å². The molecule has 0 saturated carbocycles. The van der Waals surface area contributed by atoms with Gasteiger partial charge < -0.3 is 14.8 Å². The fraction of sp³-hybridized carbons (Fsp3) is 0.500. The van der Waals surface area contributed by atoms with E-state index in [1.807, 2.05) is 44.2 Å². The van der Waals surface area contributed by atoms with Gasteiger partial charge in [0.15, 0.2) is 0 Å². The number of ether oxygens (including phenoxy) is 2. The highest BCUT2D eigenvalue weighted by Gasteiger charge is 2.02. The fourth-order valence-electron chi connectivity index (χ4n) is 1.30. The zero-order valence-corrected chi connectivity index (χ0v) is 11.0. The largest absolute Gasteiger partial charge is 0.494 e. The zero-order chi connectivity index (χ0) is 13.2. The molecule has 18 heavy (non-hydrogen) atoms. The molecular weight excluding hydrogens is 230 g/mol. The summed E-state index contributed by atoms with van der Waals surface area (Å²) in [6.45, 7) is 5.13. The lowest BCUT2D eigenvalue weighted by Crippen LogP contribution is -2.30. The molecule has 1 amide bonds. The van der Waals surface area contributed by atoms with Crippen molar-refractivity contribution in [1.29, 1.82) is 0 Å². The third-order valence-corrected chi connectivity index (χ3v) is 2.20. The van der Waals surface area contributed by atoms with Crippen LogP contribution in [0.1, 0.15) is 20.3 Å². The maximum Gasteiger partial charge on any atom is 0.246 e. The maximum atomic E-state index is 11.3. The molecule has 1 rings (SSSR count). The number of amides is 1. The molecule has 1 N–H and O–H groups in total. The Balaban J connectivity index is 2.00. The first kappa shape index (κ1) is 14.5. The molecule has 0 heterocycles. The second-order valence-corrected chi connectivity index (χ2v) is 4.22. The molecule has 1 aromatic carbocycles. The van der Waals surface area contributed by atoms with Gasteiger partial charge in [-0.2, -0.15) is 0 Å². The van der Waals surface area contributed by atoms with Gasteiger partial charge in [0.1, 0.15) is 12.4 Å². The number of nitrogens with one attached hydrogen (secondary N) is 1. The summed E-state index contributed by atoms with van der Waals surface area (Å²) in [6.07, 6.45) is 0.861. The van der Waals surface area contributed by atoms with Gasteiger partial charge >= 0.3 is 0 Å². The molecule has 0 saturated heterocycles. The van der Waals surface area contributed by atoms with Crippen molar-refractivity contribution < 1.29 is 14.3 Å². The third kappa shape index (κ3) is 6.91. The van der Waals surface area contributed by atoms with E-state index in [1.165, 1.54) is 0 Å². The average Bonchev–Trinajstić information content (AvgIpc) is 2.37. The van der Waals surface area contributed by atoms with Crippen molar-refractivity contribution in [2.24, 2.45) is 0 Å². The Bertz CT molecular complexity index is 338. The van der Waals surface area contributed by atoms with E-state index in [4.69, 9.17) is 9.47 Å². The minimum atomic E-state index is -0.0802. The van der Waals surface area contributed by atoms with E-state index < -0.39 is 0 Å². The van der Waals surface area contributed by atoms with Crippen LogP contribution in [0.25, 0.3) is 0 Å². The molecule has 0 bridgehead atoms. The Hall–Kier alpha value is -1.55. The third-order valence-electron chi connectivity index (χ3n) is 2.20. The van der Waals surface area contributed by atoms with E-state index in [2.05, 4.69) is 5.32 Å². The van der Waals surface area contributed by atoms with Crippen molar-refractivity contribution in [2.75, 3.05) is 19.8 Å². The molecule has 0 atom stereocenters. The van der Waals surface area contributed by atoms with Crippen LogP contribution >= 0.6 is 0 Å². The second-order valence-electron chi connectivity index (χ2n) is 4.22. The van der Waals surface area contributed by atoms with E-state index in [-0.39, 0.29) is 18.6 Å². The van der Waals surface area contributed by atoms with Gasteiger partial charge in [0.25, 0.3) is 0 Å². The monoisotopic (exact) mass is 251 g/mol. The van der Waals surface area contributed by atoms with Gasteiger partial charge in [-0.25, -0.2) is 0 Å². The maximum absolute atomic E-state index is 11.3. The van der Waals surface area contributed by atoms with E-state index in [9.17, 15) is 4.79 Å². The van der Waals surface area contributed by atoms with Crippen LogP contribution in [0.4, 0.5) is 0 Å². The highest BCUT2D eigenvalue weighted by molar-refractivity contribution is 5.77. The fourth-order valence-corrected chi connectivity index (χ4v) is 1.30. The number of carbonyl (C=O) groups is 1. The highest BCUT2D eigenvalue weighted by atomic mass is 16.5. The van der Waals surface area contributed by atoms with Crippen LogP contribution in [0.3, 0.4) is 0 Å². The molecule has 0 radical (unpaired) electrons. The van der Waals surface area contributed by atoms with Crippen LogP contribution in [0.2, 0.25) is 0 Å². The number of hydrogen-bond acceptors (Lipinski definition) is 3. The summed E-state index contributed by atoms with van der Waals surface area (Å²) in [4.78, 5) is 11.3. The normalized spacial score (nSPS) is 10.4. The van der Waals surface area contributed by atoms with Crippen molar-refractivity contribution in [1.82, 2.24) is 5.32 Å². The average molecular weight is 251 g/mol. The summed E-state index contributed by atoms with van der Waals surface area (Å²) in [7, 11) is 0. The van der Waals surface area contributed by atoms with E-state index >= 15 is 0 Å². The van der Waals surface area contributed by atoms with Crippen LogP contribution in [-0.2, 0) is 9.53 Å². The first-order valence-corrected chi connectivity index (χ1v) is 6.24.